The van der Waals surface area contributed by atoms with Gasteiger partial charge in [-0.1, -0.05) is 18.2 Å². The van der Waals surface area contributed by atoms with Crippen LogP contribution in [0.4, 0.5) is 5.69 Å². The van der Waals surface area contributed by atoms with Crippen LogP contribution in [0, 0.1) is 0 Å². The molecule has 0 aliphatic rings. The molecule has 0 aliphatic carbocycles. The first-order chi connectivity index (χ1) is 9.77. The number of hydrogen-bond donors (Lipinski definition) is 0. The molecule has 1 aromatic heterocycles. The molecular formula is C16H18N2O2. The zero-order chi connectivity index (χ0) is 14.2. The van der Waals surface area contributed by atoms with E-state index in [2.05, 4.69) is 4.98 Å². The largest absolute Gasteiger partial charge is 0.492 e. The van der Waals surface area contributed by atoms with E-state index < -0.39 is 0 Å². The first-order valence-electron chi connectivity index (χ1n) is 6.62. The molecule has 0 atom stereocenters. The van der Waals surface area contributed by atoms with E-state index in [0.717, 1.165) is 11.4 Å². The first-order valence-corrected chi connectivity index (χ1v) is 6.62. The van der Waals surface area contributed by atoms with E-state index >= 15 is 0 Å². The number of aromatic nitrogens is 1. The average molecular weight is 270 g/mol. The van der Waals surface area contributed by atoms with Crippen molar-refractivity contribution in [3.63, 3.8) is 0 Å². The lowest BCUT2D eigenvalue weighted by Gasteiger charge is -2.17. The minimum atomic E-state index is 0.0889. The fraction of sp³-hybridized carbons (Fsp3) is 0.250. The summed E-state index contributed by atoms with van der Waals surface area (Å²) < 4.78 is 5.51. The van der Waals surface area contributed by atoms with Gasteiger partial charge in [0.05, 0.1) is 12.8 Å². The lowest BCUT2D eigenvalue weighted by Crippen LogP contribution is -2.26. The molecule has 104 valence electrons. The quantitative estimate of drug-likeness (QED) is 0.758. The molecule has 1 aromatic carbocycles. The van der Waals surface area contributed by atoms with E-state index in [0.29, 0.717) is 19.4 Å². The number of hydrogen-bond acceptors (Lipinski definition) is 3. The van der Waals surface area contributed by atoms with Gasteiger partial charge in [0.2, 0.25) is 5.91 Å². The van der Waals surface area contributed by atoms with E-state index in [-0.39, 0.29) is 5.91 Å². The summed E-state index contributed by atoms with van der Waals surface area (Å²) in [6, 6.07) is 13.3. The highest BCUT2D eigenvalue weighted by molar-refractivity contribution is 5.92. The minimum Gasteiger partial charge on any atom is -0.492 e. The molecule has 1 heterocycles. The van der Waals surface area contributed by atoms with E-state index in [1.807, 2.05) is 42.5 Å². The van der Waals surface area contributed by atoms with Crippen molar-refractivity contribution in [1.29, 1.82) is 0 Å². The van der Waals surface area contributed by atoms with Gasteiger partial charge in [0, 0.05) is 25.4 Å². The maximum absolute atomic E-state index is 12.0. The molecule has 0 fully saturated rings. The van der Waals surface area contributed by atoms with Gasteiger partial charge in [0.1, 0.15) is 5.75 Å². The molecule has 0 unspecified atom stereocenters. The Bertz CT molecular complexity index is 529. The Morgan fingerprint density at radius 1 is 1.20 bits per heavy atom. The third kappa shape index (κ3) is 4.09. The lowest BCUT2D eigenvalue weighted by atomic mass is 10.2. The molecule has 20 heavy (non-hydrogen) atoms. The van der Waals surface area contributed by atoms with Gasteiger partial charge in [-0.3, -0.25) is 9.78 Å². The summed E-state index contributed by atoms with van der Waals surface area (Å²) in [5.41, 5.74) is 0.908. The number of para-hydroxylation sites is 1. The molecule has 4 nitrogen and oxygen atoms in total. The van der Waals surface area contributed by atoms with Crippen LogP contribution in [0.3, 0.4) is 0 Å². The summed E-state index contributed by atoms with van der Waals surface area (Å²) in [7, 11) is 1.79. The van der Waals surface area contributed by atoms with Crippen LogP contribution in [0.1, 0.15) is 12.8 Å². The Balaban J connectivity index is 1.73. The van der Waals surface area contributed by atoms with Crippen LogP contribution in [0.25, 0.3) is 0 Å². The van der Waals surface area contributed by atoms with Gasteiger partial charge < -0.3 is 9.64 Å². The van der Waals surface area contributed by atoms with Crippen molar-refractivity contribution in [2.45, 2.75) is 12.8 Å². The Morgan fingerprint density at radius 3 is 2.70 bits per heavy atom. The normalized spacial score (nSPS) is 10.1. The number of anilines is 1. The van der Waals surface area contributed by atoms with Crippen LogP contribution < -0.4 is 9.64 Å². The molecule has 2 aromatic rings. The smallest absolute Gasteiger partial charge is 0.226 e. The number of rotatable bonds is 6. The van der Waals surface area contributed by atoms with E-state index in [1.54, 1.807) is 24.3 Å². The monoisotopic (exact) mass is 270 g/mol. The molecule has 4 heteroatoms. The average Bonchev–Trinajstić information content (AvgIpc) is 2.52. The zero-order valence-electron chi connectivity index (χ0n) is 11.5. The Kier molecular flexibility index (Phi) is 5.12. The number of benzene rings is 1. The van der Waals surface area contributed by atoms with Crippen molar-refractivity contribution in [1.82, 2.24) is 4.98 Å². The van der Waals surface area contributed by atoms with E-state index in [4.69, 9.17) is 4.74 Å². The van der Waals surface area contributed by atoms with Gasteiger partial charge in [0.15, 0.2) is 0 Å². The predicted octanol–water partition coefficient (Wildman–Crippen LogP) is 2.90. The molecule has 0 saturated heterocycles. The van der Waals surface area contributed by atoms with Crippen molar-refractivity contribution in [3.05, 3.63) is 54.9 Å². The predicted molar refractivity (Wildman–Crippen MR) is 78.8 cm³/mol. The van der Waals surface area contributed by atoms with Crippen molar-refractivity contribution in [3.8, 4) is 5.75 Å². The summed E-state index contributed by atoms with van der Waals surface area (Å²) in [6.07, 6.45) is 4.51. The highest BCUT2D eigenvalue weighted by Gasteiger charge is 2.09. The van der Waals surface area contributed by atoms with Crippen LogP contribution in [0.15, 0.2) is 54.9 Å². The molecule has 0 bridgehead atoms. The molecule has 0 N–H and O–H groups in total. The second kappa shape index (κ2) is 7.28. The Hall–Kier alpha value is -2.36. The second-order valence-electron chi connectivity index (χ2n) is 4.43. The molecule has 0 radical (unpaired) electrons. The summed E-state index contributed by atoms with van der Waals surface area (Å²) >= 11 is 0. The highest BCUT2D eigenvalue weighted by atomic mass is 16.5. The maximum Gasteiger partial charge on any atom is 0.226 e. The van der Waals surface area contributed by atoms with Gasteiger partial charge in [-0.05, 0) is 30.7 Å². The third-order valence-corrected chi connectivity index (χ3v) is 2.96. The Labute approximate surface area is 119 Å². The maximum atomic E-state index is 12.0. The van der Waals surface area contributed by atoms with Crippen molar-refractivity contribution >= 4 is 11.6 Å². The lowest BCUT2D eigenvalue weighted by molar-refractivity contribution is -0.118. The SMILES string of the molecule is CN(C(=O)CCCOc1cccnc1)c1ccccc1. The topological polar surface area (TPSA) is 42.4 Å². The number of nitrogens with zero attached hydrogens (tertiary/aromatic N) is 2. The number of carbonyl (C=O) groups is 1. The van der Waals surface area contributed by atoms with E-state index in [9.17, 15) is 4.79 Å². The molecule has 1 amide bonds. The van der Waals surface area contributed by atoms with Crippen LogP contribution in [0.5, 0.6) is 5.75 Å². The number of carbonyl (C=O) groups excluding carboxylic acids is 1. The highest BCUT2D eigenvalue weighted by Crippen LogP contribution is 2.13. The molecule has 0 spiro atoms. The fourth-order valence-electron chi connectivity index (χ4n) is 1.81. The molecule has 0 saturated carbocycles. The third-order valence-electron chi connectivity index (χ3n) is 2.96. The first kappa shape index (κ1) is 14.1. The zero-order valence-corrected chi connectivity index (χ0v) is 11.5. The molecular weight excluding hydrogens is 252 g/mol. The summed E-state index contributed by atoms with van der Waals surface area (Å²) in [4.78, 5) is 17.6. The summed E-state index contributed by atoms with van der Waals surface area (Å²) in [6.45, 7) is 0.514. The molecule has 2 rings (SSSR count). The van der Waals surface area contributed by atoms with E-state index in [1.165, 1.54) is 0 Å². The standard InChI is InChI=1S/C16H18N2O2/c1-18(14-7-3-2-4-8-14)16(19)10-6-12-20-15-9-5-11-17-13-15/h2-5,7-9,11,13H,6,10,12H2,1H3. The number of pyridine rings is 1. The van der Waals surface area contributed by atoms with Crippen LogP contribution in [0.2, 0.25) is 0 Å². The van der Waals surface area contributed by atoms with Gasteiger partial charge in [-0.25, -0.2) is 0 Å². The van der Waals surface area contributed by atoms with Gasteiger partial charge in [0.25, 0.3) is 0 Å². The van der Waals surface area contributed by atoms with Crippen LogP contribution >= 0.6 is 0 Å². The fourth-order valence-corrected chi connectivity index (χ4v) is 1.81. The van der Waals surface area contributed by atoms with Crippen molar-refractivity contribution in [2.75, 3.05) is 18.6 Å². The van der Waals surface area contributed by atoms with Crippen molar-refractivity contribution in [2.24, 2.45) is 0 Å². The van der Waals surface area contributed by atoms with Gasteiger partial charge in [-0.2, -0.15) is 0 Å². The second-order valence-corrected chi connectivity index (χ2v) is 4.43. The minimum absolute atomic E-state index is 0.0889. The van der Waals surface area contributed by atoms with Gasteiger partial charge in [-0.15, -0.1) is 0 Å². The van der Waals surface area contributed by atoms with Crippen LogP contribution in [-0.4, -0.2) is 24.5 Å². The van der Waals surface area contributed by atoms with Gasteiger partial charge >= 0.3 is 0 Å². The summed E-state index contributed by atoms with van der Waals surface area (Å²) in [5.74, 6) is 0.822. The van der Waals surface area contributed by atoms with Crippen LogP contribution in [-0.2, 0) is 4.79 Å². The molecule has 0 aliphatic heterocycles. The number of ether oxygens (including phenoxy) is 1. The Morgan fingerprint density at radius 2 is 2.00 bits per heavy atom. The number of amides is 1. The van der Waals surface area contributed by atoms with Crippen molar-refractivity contribution < 1.29 is 9.53 Å². The summed E-state index contributed by atoms with van der Waals surface area (Å²) in [5, 5.41) is 0.